The van der Waals surface area contributed by atoms with Crippen LogP contribution in [0.4, 0.5) is 0 Å². The summed E-state index contributed by atoms with van der Waals surface area (Å²) in [6, 6.07) is 0. The number of aliphatic hydroxyl groups excluding tert-OH is 3. The van der Waals surface area contributed by atoms with Crippen molar-refractivity contribution in [1.82, 2.24) is 0 Å². The molecule has 0 aromatic carbocycles. The van der Waals surface area contributed by atoms with E-state index < -0.39 is 24.3 Å². The van der Waals surface area contributed by atoms with Crippen LogP contribution in [0.15, 0.2) is 72.9 Å². The lowest BCUT2D eigenvalue weighted by molar-refractivity contribution is -0.152. The van der Waals surface area contributed by atoms with Crippen LogP contribution in [0.5, 0.6) is 0 Å². The number of unbranched alkanes of at least 4 members (excludes halogenated alkanes) is 9. The van der Waals surface area contributed by atoms with E-state index in [9.17, 15) is 24.9 Å². The lowest BCUT2D eigenvalue weighted by Gasteiger charge is -2.12. The molecular formula is C41H68O7. The lowest BCUT2D eigenvalue weighted by atomic mass is 10.0. The van der Waals surface area contributed by atoms with Crippen molar-refractivity contribution < 1.29 is 34.4 Å². The molecule has 0 saturated carbocycles. The number of carbonyl (C=O) groups is 2. The highest BCUT2D eigenvalue weighted by molar-refractivity contribution is 5.70. The van der Waals surface area contributed by atoms with Gasteiger partial charge >= 0.3 is 11.9 Å². The highest BCUT2D eigenvalue weighted by Crippen LogP contribution is 2.14. The first-order valence-electron chi connectivity index (χ1n) is 18.6. The summed E-state index contributed by atoms with van der Waals surface area (Å²) in [5, 5.41) is 29.8. The minimum absolute atomic E-state index is 0.170. The molecule has 3 N–H and O–H groups in total. The van der Waals surface area contributed by atoms with Crippen molar-refractivity contribution in [2.75, 3.05) is 13.2 Å². The normalized spacial score (nSPS) is 14.5. The molecule has 7 nitrogen and oxygen atoms in total. The summed E-state index contributed by atoms with van der Waals surface area (Å²) in [4.78, 5) is 23.9. The molecule has 0 aliphatic carbocycles. The molecule has 0 bridgehead atoms. The average Bonchev–Trinajstić information content (AvgIpc) is 3.06. The van der Waals surface area contributed by atoms with Gasteiger partial charge < -0.3 is 24.8 Å². The summed E-state index contributed by atoms with van der Waals surface area (Å²) in [5.74, 6) is 0.0801. The Kier molecular flexibility index (Phi) is 32.2. The molecule has 0 unspecified atom stereocenters. The molecule has 0 saturated heterocycles. The van der Waals surface area contributed by atoms with Crippen molar-refractivity contribution in [1.29, 1.82) is 0 Å². The maximum Gasteiger partial charge on any atom is 0.306 e. The smallest absolute Gasteiger partial charge is 0.306 e. The van der Waals surface area contributed by atoms with Crippen LogP contribution >= 0.6 is 0 Å². The van der Waals surface area contributed by atoms with Gasteiger partial charge in [0.2, 0.25) is 0 Å². The Balaban J connectivity index is 3.75. The Morgan fingerprint density at radius 2 is 1.06 bits per heavy atom. The SMILES string of the molecule is CC/C=C\C[C@@H](O)/C=C/C=C\C=C\[C@@H](O)C/C=C\C/C=C\CCC(=O)OC[C@H](O)COC(=O)CCCCCCCCCCCCC(C)C. The molecule has 0 rings (SSSR count). The first-order valence-corrected chi connectivity index (χ1v) is 18.6. The number of esters is 2. The molecule has 0 aromatic rings. The third-order valence-corrected chi connectivity index (χ3v) is 7.56. The van der Waals surface area contributed by atoms with E-state index in [1.54, 1.807) is 24.3 Å². The van der Waals surface area contributed by atoms with Gasteiger partial charge in [0.05, 0.1) is 12.2 Å². The number of hydrogen-bond acceptors (Lipinski definition) is 7. The molecule has 0 spiro atoms. The predicted molar refractivity (Wildman–Crippen MR) is 198 cm³/mol. The van der Waals surface area contributed by atoms with Crippen molar-refractivity contribution in [2.45, 2.75) is 155 Å². The fourth-order valence-corrected chi connectivity index (χ4v) is 4.71. The number of allylic oxidation sites excluding steroid dienone is 8. The molecule has 274 valence electrons. The molecule has 0 radical (unpaired) electrons. The van der Waals surface area contributed by atoms with Crippen LogP contribution in [0, 0.1) is 5.92 Å². The van der Waals surface area contributed by atoms with Crippen LogP contribution < -0.4 is 0 Å². The largest absolute Gasteiger partial charge is 0.463 e. The van der Waals surface area contributed by atoms with Crippen molar-refractivity contribution in [3.8, 4) is 0 Å². The summed E-state index contributed by atoms with van der Waals surface area (Å²) in [6.45, 7) is 6.26. The molecule has 0 aliphatic rings. The van der Waals surface area contributed by atoms with Gasteiger partial charge in [-0.2, -0.15) is 0 Å². The van der Waals surface area contributed by atoms with Crippen LogP contribution in [0.25, 0.3) is 0 Å². The fourth-order valence-electron chi connectivity index (χ4n) is 4.71. The summed E-state index contributed by atoms with van der Waals surface area (Å²) in [7, 11) is 0. The number of rotatable bonds is 31. The fraction of sp³-hybridized carbons (Fsp3) is 0.659. The maximum atomic E-state index is 11.9. The Morgan fingerprint density at radius 1 is 0.583 bits per heavy atom. The van der Waals surface area contributed by atoms with Gasteiger partial charge in [-0.1, -0.05) is 158 Å². The van der Waals surface area contributed by atoms with Gasteiger partial charge in [0.25, 0.3) is 0 Å². The highest BCUT2D eigenvalue weighted by Gasteiger charge is 2.11. The Hall–Kier alpha value is -2.74. The van der Waals surface area contributed by atoms with Crippen LogP contribution in [0.1, 0.15) is 136 Å². The first kappa shape index (κ1) is 45.3. The zero-order chi connectivity index (χ0) is 35.5. The average molecular weight is 673 g/mol. The Labute approximate surface area is 292 Å². The van der Waals surface area contributed by atoms with E-state index in [2.05, 4.69) is 20.8 Å². The maximum absolute atomic E-state index is 11.9. The highest BCUT2D eigenvalue weighted by atomic mass is 16.6. The van der Waals surface area contributed by atoms with E-state index in [1.807, 2.05) is 48.6 Å². The van der Waals surface area contributed by atoms with Gasteiger partial charge in [0.15, 0.2) is 0 Å². The van der Waals surface area contributed by atoms with E-state index in [0.717, 1.165) is 31.6 Å². The van der Waals surface area contributed by atoms with Crippen LogP contribution in [-0.2, 0) is 19.1 Å². The number of hydrogen-bond donors (Lipinski definition) is 3. The quantitative estimate of drug-likeness (QED) is 0.0291. The molecule has 7 heteroatoms. The molecule has 0 fully saturated rings. The summed E-state index contributed by atoms with van der Waals surface area (Å²) in [5.41, 5.74) is 0. The van der Waals surface area contributed by atoms with Crippen LogP contribution in [-0.4, -0.2) is 58.8 Å². The molecule has 0 aromatic heterocycles. The monoisotopic (exact) mass is 672 g/mol. The number of ether oxygens (including phenoxy) is 2. The van der Waals surface area contributed by atoms with E-state index in [1.165, 1.54) is 51.4 Å². The van der Waals surface area contributed by atoms with Gasteiger partial charge in [0, 0.05) is 12.8 Å². The standard InChI is InChI=1S/C41H68O7/c1-4-5-20-28-37(42)30-23-18-19-24-31-38(43)29-22-15-12-13-17-26-33-41(46)48-35-39(44)34-47-40(45)32-25-16-11-9-7-6-8-10-14-21-27-36(2)3/h5,13,15,17-20,22-24,30-31,36-39,42-44H,4,6-12,14,16,21,25-29,32-35H2,1-3H3/b17-13-,19-18-,20-5-,22-15-,30-23+,31-24+/t37-,38+,39-/m1/s1. The van der Waals surface area contributed by atoms with E-state index in [4.69, 9.17) is 9.47 Å². The Morgan fingerprint density at radius 3 is 1.60 bits per heavy atom. The summed E-state index contributed by atoms with van der Waals surface area (Å²) >= 11 is 0. The van der Waals surface area contributed by atoms with Crippen molar-refractivity contribution >= 4 is 11.9 Å². The summed E-state index contributed by atoms with van der Waals surface area (Å²) < 4.78 is 10.2. The third-order valence-electron chi connectivity index (χ3n) is 7.56. The topological polar surface area (TPSA) is 113 Å². The lowest BCUT2D eigenvalue weighted by Crippen LogP contribution is -2.25. The second-order valence-corrected chi connectivity index (χ2v) is 12.8. The first-order chi connectivity index (χ1) is 23.2. The molecule has 0 amide bonds. The zero-order valence-electron chi connectivity index (χ0n) is 30.4. The Bertz CT molecular complexity index is 944. The van der Waals surface area contributed by atoms with Crippen molar-refractivity contribution in [3.63, 3.8) is 0 Å². The molecule has 0 heterocycles. The van der Waals surface area contributed by atoms with Gasteiger partial charge in [0.1, 0.15) is 19.3 Å². The third kappa shape index (κ3) is 34.6. The number of aliphatic hydroxyl groups is 3. The van der Waals surface area contributed by atoms with E-state index >= 15 is 0 Å². The molecule has 3 atom stereocenters. The van der Waals surface area contributed by atoms with Crippen LogP contribution in [0.2, 0.25) is 0 Å². The molecule has 0 aliphatic heterocycles. The molecule has 48 heavy (non-hydrogen) atoms. The van der Waals surface area contributed by atoms with Gasteiger partial charge in [-0.05, 0) is 44.4 Å². The number of carbonyl (C=O) groups excluding carboxylic acids is 2. The van der Waals surface area contributed by atoms with E-state index in [-0.39, 0.29) is 25.6 Å². The minimum Gasteiger partial charge on any atom is -0.463 e. The van der Waals surface area contributed by atoms with Gasteiger partial charge in [-0.3, -0.25) is 9.59 Å². The second-order valence-electron chi connectivity index (χ2n) is 12.8. The second kappa shape index (κ2) is 34.1. The summed E-state index contributed by atoms with van der Waals surface area (Å²) in [6.07, 6.45) is 37.5. The molecular weight excluding hydrogens is 604 g/mol. The van der Waals surface area contributed by atoms with Crippen LogP contribution in [0.3, 0.4) is 0 Å². The van der Waals surface area contributed by atoms with Gasteiger partial charge in [-0.15, -0.1) is 0 Å². The van der Waals surface area contributed by atoms with Gasteiger partial charge in [-0.25, -0.2) is 0 Å². The minimum atomic E-state index is -1.03. The van der Waals surface area contributed by atoms with Crippen molar-refractivity contribution in [2.24, 2.45) is 5.92 Å². The van der Waals surface area contributed by atoms with E-state index in [0.29, 0.717) is 32.1 Å². The zero-order valence-corrected chi connectivity index (χ0v) is 30.4. The van der Waals surface area contributed by atoms with Crippen molar-refractivity contribution in [3.05, 3.63) is 72.9 Å². The predicted octanol–water partition coefficient (Wildman–Crippen LogP) is 9.19.